The lowest BCUT2D eigenvalue weighted by atomic mass is 10.1. The van der Waals surface area contributed by atoms with Crippen molar-refractivity contribution in [1.29, 1.82) is 0 Å². The van der Waals surface area contributed by atoms with Gasteiger partial charge < -0.3 is 18.6 Å². The molecule has 3 aromatic rings. The van der Waals surface area contributed by atoms with E-state index in [-0.39, 0.29) is 6.79 Å². The Morgan fingerprint density at radius 1 is 1.17 bits per heavy atom. The normalized spacial score (nSPS) is 13.4. The minimum absolute atomic E-state index is 0.198. The highest BCUT2D eigenvalue weighted by atomic mass is 35.5. The predicted octanol–water partition coefficient (Wildman–Crippen LogP) is 5.36. The summed E-state index contributed by atoms with van der Waals surface area (Å²) in [4.78, 5) is 0. The summed E-state index contributed by atoms with van der Waals surface area (Å²) in [5.74, 6) is 2.02. The first-order valence-corrected chi connectivity index (χ1v) is 8.09. The van der Waals surface area contributed by atoms with Gasteiger partial charge in [-0.15, -0.1) is 0 Å². The van der Waals surface area contributed by atoms with Gasteiger partial charge in [-0.25, -0.2) is 0 Å². The maximum absolute atomic E-state index is 6.24. The molecule has 0 radical (unpaired) electrons. The van der Waals surface area contributed by atoms with Gasteiger partial charge in [0, 0.05) is 28.1 Å². The van der Waals surface area contributed by atoms with E-state index in [1.807, 2.05) is 36.4 Å². The molecule has 0 amide bonds. The highest BCUT2D eigenvalue weighted by Gasteiger charge is 2.19. The zero-order valence-electron chi connectivity index (χ0n) is 12.8. The number of methoxy groups -OCH3 is 1. The van der Waals surface area contributed by atoms with Crippen LogP contribution in [0.5, 0.6) is 11.5 Å². The fraction of sp³-hybridized carbons (Fsp3) is 0.167. The van der Waals surface area contributed by atoms with Crippen LogP contribution in [0, 0.1) is 4.51 Å². The molecule has 4 rings (SSSR count). The molecule has 0 N–H and O–H groups in total. The zero-order chi connectivity index (χ0) is 16.7. The predicted molar refractivity (Wildman–Crippen MR) is 94.3 cm³/mol. The van der Waals surface area contributed by atoms with Gasteiger partial charge in [-0.2, -0.15) is 0 Å². The van der Waals surface area contributed by atoms with Crippen LogP contribution in [0.1, 0.15) is 5.56 Å². The quantitative estimate of drug-likeness (QED) is 0.575. The Morgan fingerprint density at radius 2 is 2.04 bits per heavy atom. The Balaban J connectivity index is 1.97. The number of hydrogen-bond donors (Lipinski definition) is 0. The Kier molecular flexibility index (Phi) is 3.92. The largest absolute Gasteiger partial charge is 0.497 e. The van der Waals surface area contributed by atoms with E-state index in [9.17, 15) is 0 Å². The maximum atomic E-state index is 6.24. The molecule has 0 atom stereocenters. The Labute approximate surface area is 148 Å². The highest BCUT2D eigenvalue weighted by molar-refractivity contribution is 7.71. The van der Waals surface area contributed by atoms with E-state index >= 15 is 0 Å². The summed E-state index contributed by atoms with van der Waals surface area (Å²) in [5, 5.41) is 1.44. The Bertz CT molecular complexity index is 996. The summed E-state index contributed by atoms with van der Waals surface area (Å²) in [5.41, 5.74) is 2.30. The average Bonchev–Trinajstić information content (AvgIpc) is 2.60. The van der Waals surface area contributed by atoms with Gasteiger partial charge in [-0.05, 0) is 24.3 Å². The first-order valence-electron chi connectivity index (χ1n) is 7.31. The monoisotopic (exact) mass is 360 g/mol. The number of halogens is 1. The third kappa shape index (κ3) is 2.65. The van der Waals surface area contributed by atoms with Gasteiger partial charge in [0.15, 0.2) is 6.79 Å². The summed E-state index contributed by atoms with van der Waals surface area (Å²) < 4.78 is 23.0. The summed E-state index contributed by atoms with van der Waals surface area (Å²) >= 11 is 11.7. The van der Waals surface area contributed by atoms with E-state index in [0.29, 0.717) is 39.0 Å². The molecule has 2 heterocycles. The molecule has 1 aliphatic heterocycles. The van der Waals surface area contributed by atoms with Crippen LogP contribution in [0.25, 0.3) is 22.3 Å². The molecule has 0 saturated carbocycles. The molecule has 0 aliphatic carbocycles. The molecule has 4 nitrogen and oxygen atoms in total. The van der Waals surface area contributed by atoms with Crippen molar-refractivity contribution in [1.82, 2.24) is 0 Å². The van der Waals surface area contributed by atoms with Crippen LogP contribution in [0.15, 0.2) is 40.8 Å². The lowest BCUT2D eigenvalue weighted by Crippen LogP contribution is -2.12. The smallest absolute Gasteiger partial charge is 0.189 e. The van der Waals surface area contributed by atoms with Gasteiger partial charge in [0.25, 0.3) is 0 Å². The molecule has 122 valence electrons. The van der Waals surface area contributed by atoms with Crippen LogP contribution < -0.4 is 9.47 Å². The number of hydrogen-bond acceptors (Lipinski definition) is 5. The summed E-state index contributed by atoms with van der Waals surface area (Å²) in [6, 6.07) is 11.0. The van der Waals surface area contributed by atoms with Crippen molar-refractivity contribution in [3.63, 3.8) is 0 Å². The second-order valence-corrected chi connectivity index (χ2v) is 6.27. The van der Waals surface area contributed by atoms with E-state index < -0.39 is 0 Å². The highest BCUT2D eigenvalue weighted by Crippen LogP contribution is 2.39. The Morgan fingerprint density at radius 3 is 2.88 bits per heavy atom. The van der Waals surface area contributed by atoms with Gasteiger partial charge in [0.05, 0.1) is 23.8 Å². The number of fused-ring (bicyclic) bond motifs is 2. The van der Waals surface area contributed by atoms with Crippen LogP contribution in [0.4, 0.5) is 0 Å². The zero-order valence-corrected chi connectivity index (χ0v) is 14.4. The van der Waals surface area contributed by atoms with E-state index in [2.05, 4.69) is 0 Å². The van der Waals surface area contributed by atoms with Gasteiger partial charge in [-0.3, -0.25) is 0 Å². The van der Waals surface area contributed by atoms with Crippen molar-refractivity contribution >= 4 is 34.8 Å². The van der Waals surface area contributed by atoms with Crippen molar-refractivity contribution in [2.24, 2.45) is 0 Å². The van der Waals surface area contributed by atoms with E-state index in [4.69, 9.17) is 42.4 Å². The lowest BCUT2D eigenvalue weighted by Gasteiger charge is -2.20. The van der Waals surface area contributed by atoms with Crippen molar-refractivity contribution in [3.05, 3.63) is 51.5 Å². The molecule has 0 spiro atoms. The molecule has 24 heavy (non-hydrogen) atoms. The maximum Gasteiger partial charge on any atom is 0.189 e. The molecule has 1 aliphatic rings. The molecule has 2 aromatic carbocycles. The third-order valence-electron chi connectivity index (χ3n) is 3.88. The van der Waals surface area contributed by atoms with Crippen LogP contribution in [-0.2, 0) is 11.3 Å². The summed E-state index contributed by atoms with van der Waals surface area (Å²) in [7, 11) is 1.61. The number of rotatable bonds is 2. The van der Waals surface area contributed by atoms with Crippen molar-refractivity contribution in [2.75, 3.05) is 13.9 Å². The topological polar surface area (TPSA) is 40.8 Å². The molecule has 6 heteroatoms. The molecule has 0 unspecified atom stereocenters. The molecule has 0 saturated heterocycles. The van der Waals surface area contributed by atoms with Crippen LogP contribution in [0.3, 0.4) is 0 Å². The van der Waals surface area contributed by atoms with Crippen molar-refractivity contribution in [2.45, 2.75) is 6.61 Å². The molecular formula is C18H13ClO4S. The van der Waals surface area contributed by atoms with Crippen molar-refractivity contribution < 1.29 is 18.6 Å². The fourth-order valence-electron chi connectivity index (χ4n) is 2.76. The third-order valence-corrected chi connectivity index (χ3v) is 4.43. The minimum atomic E-state index is 0.198. The molecule has 0 fully saturated rings. The first-order chi connectivity index (χ1) is 11.7. The minimum Gasteiger partial charge on any atom is -0.497 e. The van der Waals surface area contributed by atoms with Gasteiger partial charge in [-0.1, -0.05) is 23.8 Å². The van der Waals surface area contributed by atoms with E-state index in [1.165, 1.54) is 0 Å². The van der Waals surface area contributed by atoms with Crippen molar-refractivity contribution in [3.8, 4) is 22.8 Å². The van der Waals surface area contributed by atoms with Crippen LogP contribution in [-0.4, -0.2) is 13.9 Å². The summed E-state index contributed by atoms with van der Waals surface area (Å²) in [6.45, 7) is 0.648. The Hall–Kier alpha value is -2.08. The standard InChI is InChI=1S/C18H13ClO4S/c1-20-12-2-3-13-15(6-12)23-16(7-17(13)24)14-5-11(19)4-10-8-21-9-22-18(10)14/h2-7H,8-9H2,1H3. The summed E-state index contributed by atoms with van der Waals surface area (Å²) in [6.07, 6.45) is 0. The van der Waals surface area contributed by atoms with E-state index in [0.717, 1.165) is 16.5 Å². The number of benzene rings is 2. The SMILES string of the molecule is COc1ccc2c(=S)cc(-c3cc(Cl)cc4c3OCOC4)oc2c1. The van der Waals surface area contributed by atoms with Crippen LogP contribution >= 0.6 is 23.8 Å². The molecule has 0 bridgehead atoms. The van der Waals surface area contributed by atoms with Gasteiger partial charge in [0.2, 0.25) is 0 Å². The van der Waals surface area contributed by atoms with E-state index in [1.54, 1.807) is 7.11 Å². The second kappa shape index (κ2) is 6.09. The first kappa shape index (κ1) is 15.4. The van der Waals surface area contributed by atoms with Crippen LogP contribution in [0.2, 0.25) is 5.02 Å². The second-order valence-electron chi connectivity index (χ2n) is 5.39. The lowest BCUT2D eigenvalue weighted by molar-refractivity contribution is -0.0159. The van der Waals surface area contributed by atoms with Gasteiger partial charge in [0.1, 0.15) is 22.8 Å². The molecule has 1 aromatic heterocycles. The molecular weight excluding hydrogens is 348 g/mol. The fourth-order valence-corrected chi connectivity index (χ4v) is 3.27. The number of ether oxygens (including phenoxy) is 3. The average molecular weight is 361 g/mol. The van der Waals surface area contributed by atoms with Gasteiger partial charge >= 0.3 is 0 Å².